The number of nitrogens with one attached hydrogen (secondary N) is 1. The average Bonchev–Trinajstić information content (AvgIpc) is 2.43. The van der Waals surface area contributed by atoms with E-state index in [9.17, 15) is 13.6 Å². The molecule has 112 valence electrons. The molecule has 0 aliphatic carbocycles. The first-order valence-electron chi connectivity index (χ1n) is 6.46. The van der Waals surface area contributed by atoms with Gasteiger partial charge in [-0.3, -0.25) is 4.79 Å². The Hall–Kier alpha value is -1.69. The van der Waals surface area contributed by atoms with E-state index < -0.39 is 17.4 Å². The van der Waals surface area contributed by atoms with Crippen molar-refractivity contribution in [2.45, 2.75) is 26.3 Å². The lowest BCUT2D eigenvalue weighted by molar-refractivity contribution is -0.140. The third-order valence-electron chi connectivity index (χ3n) is 2.64. The monoisotopic (exact) mass is 287 g/mol. The zero-order chi connectivity index (χ0) is 15.0. The average molecular weight is 287 g/mol. The van der Waals surface area contributed by atoms with Gasteiger partial charge in [-0.1, -0.05) is 6.92 Å². The molecule has 1 aromatic rings. The summed E-state index contributed by atoms with van der Waals surface area (Å²) in [4.78, 5) is 10.9. The number of benzene rings is 1. The highest BCUT2D eigenvalue weighted by molar-refractivity contribution is 5.69. The molecular weight excluding hydrogens is 268 g/mol. The van der Waals surface area contributed by atoms with Crippen LogP contribution in [0.25, 0.3) is 0 Å². The first-order valence-corrected chi connectivity index (χ1v) is 6.46. The summed E-state index contributed by atoms with van der Waals surface area (Å²) < 4.78 is 36.9. The third kappa shape index (κ3) is 5.13. The summed E-state index contributed by atoms with van der Waals surface area (Å²) >= 11 is 0. The number of methoxy groups -OCH3 is 1. The van der Waals surface area contributed by atoms with Crippen LogP contribution in [0.5, 0.6) is 5.75 Å². The van der Waals surface area contributed by atoms with Crippen LogP contribution in [-0.4, -0.2) is 26.2 Å². The minimum absolute atomic E-state index is 0.0511. The molecule has 0 fully saturated rings. The lowest BCUT2D eigenvalue weighted by Gasteiger charge is -2.10. The third-order valence-corrected chi connectivity index (χ3v) is 2.64. The van der Waals surface area contributed by atoms with Gasteiger partial charge in [0.15, 0.2) is 17.4 Å². The molecule has 0 atom stereocenters. The molecule has 0 spiro atoms. The Morgan fingerprint density at radius 3 is 2.50 bits per heavy atom. The summed E-state index contributed by atoms with van der Waals surface area (Å²) in [7, 11) is 1.28. The first kappa shape index (κ1) is 16.4. The van der Waals surface area contributed by atoms with E-state index in [1.807, 2.05) is 6.92 Å². The molecule has 4 nitrogen and oxygen atoms in total. The van der Waals surface area contributed by atoms with Gasteiger partial charge in [0.2, 0.25) is 0 Å². The number of carbonyl (C=O) groups is 1. The van der Waals surface area contributed by atoms with Gasteiger partial charge in [-0.05, 0) is 30.7 Å². The van der Waals surface area contributed by atoms with Crippen molar-refractivity contribution in [2.24, 2.45) is 0 Å². The fraction of sp³-hybridized carbons (Fsp3) is 0.500. The SMILES string of the molecule is CCNCc1cc(F)c(OCCCC(=O)OC)c(F)c1. The number of esters is 1. The van der Waals surface area contributed by atoms with Crippen molar-refractivity contribution < 1.29 is 23.0 Å². The van der Waals surface area contributed by atoms with Gasteiger partial charge in [-0.2, -0.15) is 0 Å². The second-order valence-electron chi connectivity index (χ2n) is 4.20. The highest BCUT2D eigenvalue weighted by atomic mass is 19.1. The van der Waals surface area contributed by atoms with Gasteiger partial charge in [0.05, 0.1) is 13.7 Å². The number of ether oxygens (including phenoxy) is 2. The van der Waals surface area contributed by atoms with Crippen molar-refractivity contribution in [1.82, 2.24) is 5.32 Å². The maximum atomic E-state index is 13.7. The van der Waals surface area contributed by atoms with E-state index in [2.05, 4.69) is 10.1 Å². The van der Waals surface area contributed by atoms with E-state index >= 15 is 0 Å². The molecule has 0 saturated heterocycles. The van der Waals surface area contributed by atoms with Crippen molar-refractivity contribution >= 4 is 5.97 Å². The Morgan fingerprint density at radius 2 is 1.95 bits per heavy atom. The summed E-state index contributed by atoms with van der Waals surface area (Å²) in [5, 5.41) is 2.98. The van der Waals surface area contributed by atoms with Crippen LogP contribution in [-0.2, 0) is 16.1 Å². The van der Waals surface area contributed by atoms with E-state index in [-0.39, 0.29) is 19.0 Å². The molecule has 0 radical (unpaired) electrons. The van der Waals surface area contributed by atoms with Crippen molar-refractivity contribution in [3.63, 3.8) is 0 Å². The van der Waals surface area contributed by atoms with Crippen LogP contribution in [0.4, 0.5) is 8.78 Å². The zero-order valence-corrected chi connectivity index (χ0v) is 11.7. The molecule has 0 bridgehead atoms. The highest BCUT2D eigenvalue weighted by Crippen LogP contribution is 2.23. The smallest absolute Gasteiger partial charge is 0.305 e. The number of hydrogen-bond donors (Lipinski definition) is 1. The van der Waals surface area contributed by atoms with Gasteiger partial charge < -0.3 is 14.8 Å². The van der Waals surface area contributed by atoms with Gasteiger partial charge in [0.25, 0.3) is 0 Å². The van der Waals surface area contributed by atoms with E-state index in [4.69, 9.17) is 4.74 Å². The second kappa shape index (κ2) is 8.47. The van der Waals surface area contributed by atoms with Gasteiger partial charge >= 0.3 is 5.97 Å². The number of rotatable bonds is 8. The van der Waals surface area contributed by atoms with E-state index in [0.717, 1.165) is 6.54 Å². The molecule has 0 amide bonds. The summed E-state index contributed by atoms with van der Waals surface area (Å²) in [6, 6.07) is 2.47. The van der Waals surface area contributed by atoms with Crippen LogP contribution in [0.15, 0.2) is 12.1 Å². The molecule has 0 aromatic heterocycles. The van der Waals surface area contributed by atoms with E-state index in [0.29, 0.717) is 18.5 Å². The number of halogens is 2. The number of hydrogen-bond acceptors (Lipinski definition) is 4. The van der Waals surface area contributed by atoms with Crippen molar-refractivity contribution in [2.75, 3.05) is 20.3 Å². The van der Waals surface area contributed by atoms with E-state index in [1.165, 1.54) is 19.2 Å². The zero-order valence-electron chi connectivity index (χ0n) is 11.7. The Bertz CT molecular complexity index is 429. The topological polar surface area (TPSA) is 47.6 Å². The van der Waals surface area contributed by atoms with Crippen LogP contribution in [0, 0.1) is 11.6 Å². The molecule has 0 heterocycles. The standard InChI is InChI=1S/C14H19F2NO3/c1-3-17-9-10-7-11(15)14(12(16)8-10)20-6-4-5-13(18)19-2/h7-8,17H,3-6,9H2,1-2H3. The molecule has 1 aromatic carbocycles. The molecule has 0 aliphatic rings. The predicted octanol–water partition coefficient (Wildman–Crippen LogP) is 2.41. The molecule has 1 N–H and O–H groups in total. The fourth-order valence-corrected chi connectivity index (χ4v) is 1.61. The Balaban J connectivity index is 2.55. The van der Waals surface area contributed by atoms with Gasteiger partial charge in [0.1, 0.15) is 0 Å². The van der Waals surface area contributed by atoms with Crippen molar-refractivity contribution in [1.29, 1.82) is 0 Å². The molecule has 6 heteroatoms. The maximum absolute atomic E-state index is 13.7. The largest absolute Gasteiger partial charge is 0.488 e. The lowest BCUT2D eigenvalue weighted by Crippen LogP contribution is -2.12. The van der Waals surface area contributed by atoms with Crippen molar-refractivity contribution in [3.05, 3.63) is 29.3 Å². The Morgan fingerprint density at radius 1 is 1.30 bits per heavy atom. The van der Waals surface area contributed by atoms with Gasteiger partial charge in [-0.15, -0.1) is 0 Å². The second-order valence-corrected chi connectivity index (χ2v) is 4.20. The van der Waals surface area contributed by atoms with Crippen LogP contribution in [0.3, 0.4) is 0 Å². The normalized spacial score (nSPS) is 10.4. The molecule has 1 rings (SSSR count). The summed E-state index contributed by atoms with van der Waals surface area (Å²) in [6.07, 6.45) is 0.489. The van der Waals surface area contributed by atoms with Crippen molar-refractivity contribution in [3.8, 4) is 5.75 Å². The lowest BCUT2D eigenvalue weighted by atomic mass is 10.2. The first-order chi connectivity index (χ1) is 9.58. The van der Waals surface area contributed by atoms with Crippen LogP contribution < -0.4 is 10.1 Å². The quantitative estimate of drug-likeness (QED) is 0.589. The minimum atomic E-state index is -0.740. The Labute approximate surface area is 117 Å². The molecule has 0 unspecified atom stereocenters. The van der Waals surface area contributed by atoms with Gasteiger partial charge in [-0.25, -0.2) is 8.78 Å². The van der Waals surface area contributed by atoms with E-state index in [1.54, 1.807) is 0 Å². The molecular formula is C14H19F2NO3. The Kier molecular flexibility index (Phi) is 6.93. The number of carbonyl (C=O) groups excluding carboxylic acids is 1. The molecule has 0 aliphatic heterocycles. The molecule has 20 heavy (non-hydrogen) atoms. The van der Waals surface area contributed by atoms with Crippen LogP contribution >= 0.6 is 0 Å². The fourth-order valence-electron chi connectivity index (χ4n) is 1.61. The highest BCUT2D eigenvalue weighted by Gasteiger charge is 2.12. The predicted molar refractivity (Wildman–Crippen MR) is 70.5 cm³/mol. The summed E-state index contributed by atoms with van der Waals surface area (Å²) in [6.45, 7) is 3.07. The summed E-state index contributed by atoms with van der Waals surface area (Å²) in [5.41, 5.74) is 0.517. The van der Waals surface area contributed by atoms with Crippen LogP contribution in [0.2, 0.25) is 0 Å². The summed E-state index contributed by atoms with van der Waals surface area (Å²) in [5.74, 6) is -2.27. The van der Waals surface area contributed by atoms with Gasteiger partial charge in [0, 0.05) is 13.0 Å². The molecule has 0 saturated carbocycles. The maximum Gasteiger partial charge on any atom is 0.305 e. The minimum Gasteiger partial charge on any atom is -0.488 e. The van der Waals surface area contributed by atoms with Crippen LogP contribution in [0.1, 0.15) is 25.3 Å².